The third-order valence-corrected chi connectivity index (χ3v) is 3.04. The van der Waals surface area contributed by atoms with Gasteiger partial charge in [-0.15, -0.1) is 0 Å². The standard InChI is InChI=1S/C11H13N3/c12-9-6-8-4-5-14(10-2-1-3-10)11(8)13-7-9/h4-7,10H,1-3,12H2. The molecule has 3 rings (SSSR count). The van der Waals surface area contributed by atoms with Gasteiger partial charge in [-0.3, -0.25) is 0 Å². The molecular formula is C11H13N3. The number of nitrogens with two attached hydrogens (primary N) is 1. The van der Waals surface area contributed by atoms with E-state index >= 15 is 0 Å². The van der Waals surface area contributed by atoms with Crippen molar-refractivity contribution in [3.05, 3.63) is 24.5 Å². The Labute approximate surface area is 82.5 Å². The van der Waals surface area contributed by atoms with Crippen molar-refractivity contribution in [3.63, 3.8) is 0 Å². The number of aromatic nitrogens is 2. The zero-order valence-electron chi connectivity index (χ0n) is 7.98. The van der Waals surface area contributed by atoms with E-state index in [0.29, 0.717) is 6.04 Å². The first kappa shape index (κ1) is 7.85. The van der Waals surface area contributed by atoms with Crippen molar-refractivity contribution in [2.45, 2.75) is 25.3 Å². The maximum Gasteiger partial charge on any atom is 0.140 e. The van der Waals surface area contributed by atoms with Gasteiger partial charge in [0.1, 0.15) is 5.65 Å². The Morgan fingerprint density at radius 2 is 2.29 bits per heavy atom. The van der Waals surface area contributed by atoms with Gasteiger partial charge in [-0.05, 0) is 31.4 Å². The summed E-state index contributed by atoms with van der Waals surface area (Å²) in [5.41, 5.74) is 7.50. The minimum absolute atomic E-state index is 0.670. The van der Waals surface area contributed by atoms with Crippen molar-refractivity contribution >= 4 is 16.7 Å². The molecule has 2 N–H and O–H groups in total. The Balaban J connectivity index is 2.16. The van der Waals surface area contributed by atoms with Crippen LogP contribution in [0, 0.1) is 0 Å². The third-order valence-electron chi connectivity index (χ3n) is 3.04. The highest BCUT2D eigenvalue weighted by Gasteiger charge is 2.20. The van der Waals surface area contributed by atoms with Crippen LogP contribution in [0.3, 0.4) is 0 Å². The van der Waals surface area contributed by atoms with Gasteiger partial charge in [0.25, 0.3) is 0 Å². The third kappa shape index (κ3) is 1.02. The van der Waals surface area contributed by atoms with Crippen molar-refractivity contribution < 1.29 is 0 Å². The molecule has 1 aliphatic rings. The zero-order chi connectivity index (χ0) is 9.54. The van der Waals surface area contributed by atoms with Gasteiger partial charge in [0.15, 0.2) is 0 Å². The van der Waals surface area contributed by atoms with Gasteiger partial charge in [0, 0.05) is 17.6 Å². The summed E-state index contributed by atoms with van der Waals surface area (Å²) in [5, 5.41) is 1.15. The number of fused-ring (bicyclic) bond motifs is 1. The molecule has 2 aromatic heterocycles. The van der Waals surface area contributed by atoms with Crippen LogP contribution in [0.1, 0.15) is 25.3 Å². The summed E-state index contributed by atoms with van der Waals surface area (Å²) in [4.78, 5) is 4.38. The Hall–Kier alpha value is -1.51. The highest BCUT2D eigenvalue weighted by Crippen LogP contribution is 2.34. The molecule has 0 amide bonds. The predicted molar refractivity (Wildman–Crippen MR) is 57.0 cm³/mol. The van der Waals surface area contributed by atoms with Crippen LogP contribution in [0.25, 0.3) is 11.0 Å². The quantitative estimate of drug-likeness (QED) is 0.744. The number of anilines is 1. The van der Waals surface area contributed by atoms with E-state index in [9.17, 15) is 0 Å². The predicted octanol–water partition coefficient (Wildman–Crippen LogP) is 2.34. The lowest BCUT2D eigenvalue weighted by molar-refractivity contribution is 0.320. The molecule has 3 nitrogen and oxygen atoms in total. The second-order valence-corrected chi connectivity index (χ2v) is 3.99. The summed E-state index contributed by atoms with van der Waals surface area (Å²) in [6, 6.07) is 4.75. The van der Waals surface area contributed by atoms with Gasteiger partial charge >= 0.3 is 0 Å². The fourth-order valence-electron chi connectivity index (χ4n) is 2.02. The molecule has 0 radical (unpaired) electrons. The number of hydrogen-bond donors (Lipinski definition) is 1. The van der Waals surface area contributed by atoms with Crippen LogP contribution < -0.4 is 5.73 Å². The molecule has 14 heavy (non-hydrogen) atoms. The fraction of sp³-hybridized carbons (Fsp3) is 0.364. The van der Waals surface area contributed by atoms with Gasteiger partial charge in [-0.25, -0.2) is 4.98 Å². The van der Waals surface area contributed by atoms with Crippen LogP contribution in [0.5, 0.6) is 0 Å². The van der Waals surface area contributed by atoms with E-state index in [1.54, 1.807) is 6.20 Å². The van der Waals surface area contributed by atoms with Crippen LogP contribution in [0.2, 0.25) is 0 Å². The average molecular weight is 187 g/mol. The molecule has 0 aromatic carbocycles. The number of nitrogen functional groups attached to an aromatic ring is 1. The van der Waals surface area contributed by atoms with Crippen molar-refractivity contribution in [1.82, 2.24) is 9.55 Å². The average Bonchev–Trinajstić information content (AvgIpc) is 2.45. The highest BCUT2D eigenvalue weighted by atomic mass is 15.1. The van der Waals surface area contributed by atoms with Crippen molar-refractivity contribution in [2.24, 2.45) is 0 Å². The minimum Gasteiger partial charge on any atom is -0.397 e. The minimum atomic E-state index is 0.670. The van der Waals surface area contributed by atoms with Crippen LogP contribution in [0.15, 0.2) is 24.5 Å². The fourth-order valence-corrected chi connectivity index (χ4v) is 2.02. The molecule has 0 bridgehead atoms. The van der Waals surface area contributed by atoms with E-state index in [-0.39, 0.29) is 0 Å². The smallest absolute Gasteiger partial charge is 0.140 e. The molecule has 0 spiro atoms. The SMILES string of the molecule is Nc1cnc2c(ccn2C2CCC2)c1. The number of rotatable bonds is 1. The summed E-state index contributed by atoms with van der Waals surface area (Å²) in [5.74, 6) is 0. The van der Waals surface area contributed by atoms with Gasteiger partial charge in [-0.2, -0.15) is 0 Å². The summed E-state index contributed by atoms with van der Waals surface area (Å²) in [6.45, 7) is 0. The first-order chi connectivity index (χ1) is 6.84. The second-order valence-electron chi connectivity index (χ2n) is 3.99. The van der Waals surface area contributed by atoms with E-state index in [1.807, 2.05) is 6.07 Å². The molecule has 3 heteroatoms. The first-order valence-electron chi connectivity index (χ1n) is 5.07. The molecule has 2 heterocycles. The Bertz CT molecular complexity index is 468. The van der Waals surface area contributed by atoms with Crippen LogP contribution in [-0.2, 0) is 0 Å². The normalized spacial score (nSPS) is 17.1. The summed E-state index contributed by atoms with van der Waals surface area (Å²) >= 11 is 0. The summed E-state index contributed by atoms with van der Waals surface area (Å²) in [6.07, 6.45) is 7.78. The molecule has 0 saturated heterocycles. The molecular weight excluding hydrogens is 174 g/mol. The number of pyridine rings is 1. The monoisotopic (exact) mass is 187 g/mol. The lowest BCUT2D eigenvalue weighted by Crippen LogP contribution is -2.16. The second kappa shape index (κ2) is 2.74. The summed E-state index contributed by atoms with van der Waals surface area (Å²) < 4.78 is 2.28. The Morgan fingerprint density at radius 3 is 3.00 bits per heavy atom. The molecule has 72 valence electrons. The van der Waals surface area contributed by atoms with Gasteiger partial charge in [0.05, 0.1) is 11.9 Å². The Kier molecular flexibility index (Phi) is 1.54. The lowest BCUT2D eigenvalue weighted by atomic mass is 9.93. The topological polar surface area (TPSA) is 43.8 Å². The van der Waals surface area contributed by atoms with Crippen molar-refractivity contribution in [1.29, 1.82) is 0 Å². The van der Waals surface area contributed by atoms with Crippen LogP contribution in [0.4, 0.5) is 5.69 Å². The Morgan fingerprint density at radius 1 is 1.43 bits per heavy atom. The molecule has 1 saturated carbocycles. The maximum atomic E-state index is 5.68. The maximum absolute atomic E-state index is 5.68. The molecule has 1 fully saturated rings. The van der Waals surface area contributed by atoms with Gasteiger partial charge in [0.2, 0.25) is 0 Å². The van der Waals surface area contributed by atoms with E-state index in [4.69, 9.17) is 5.73 Å². The molecule has 0 unspecified atom stereocenters. The van der Waals surface area contributed by atoms with E-state index < -0.39 is 0 Å². The molecule has 1 aliphatic carbocycles. The van der Waals surface area contributed by atoms with Crippen LogP contribution >= 0.6 is 0 Å². The van der Waals surface area contributed by atoms with Gasteiger partial charge in [-0.1, -0.05) is 0 Å². The number of nitrogens with zero attached hydrogens (tertiary/aromatic N) is 2. The van der Waals surface area contributed by atoms with Crippen molar-refractivity contribution in [3.8, 4) is 0 Å². The lowest BCUT2D eigenvalue weighted by Gasteiger charge is -2.27. The highest BCUT2D eigenvalue weighted by molar-refractivity contribution is 5.79. The first-order valence-corrected chi connectivity index (χ1v) is 5.07. The molecule has 0 aliphatic heterocycles. The number of hydrogen-bond acceptors (Lipinski definition) is 2. The molecule has 0 atom stereocenters. The molecule has 2 aromatic rings. The van der Waals surface area contributed by atoms with Gasteiger partial charge < -0.3 is 10.3 Å². The van der Waals surface area contributed by atoms with Crippen LogP contribution in [-0.4, -0.2) is 9.55 Å². The van der Waals surface area contributed by atoms with E-state index in [0.717, 1.165) is 16.7 Å². The largest absolute Gasteiger partial charge is 0.397 e. The summed E-state index contributed by atoms with van der Waals surface area (Å²) in [7, 11) is 0. The van der Waals surface area contributed by atoms with Crippen molar-refractivity contribution in [2.75, 3.05) is 5.73 Å². The van der Waals surface area contributed by atoms with E-state index in [1.165, 1.54) is 19.3 Å². The van der Waals surface area contributed by atoms with E-state index in [2.05, 4.69) is 21.8 Å². The zero-order valence-corrected chi connectivity index (χ0v) is 7.98.